The zero-order chi connectivity index (χ0) is 29.7. The second-order valence-electron chi connectivity index (χ2n) is 10.3. The van der Waals surface area contributed by atoms with Crippen LogP contribution >= 0.6 is 0 Å². The van der Waals surface area contributed by atoms with E-state index in [2.05, 4.69) is 108 Å². The average molecular weight is 562 g/mol. The van der Waals surface area contributed by atoms with E-state index in [0.29, 0.717) is 13.0 Å². The molecule has 0 saturated carbocycles. The standard InChI is InChI=1S/C40H35NO2/c1-2-31-22-26-36(27-23-31)41-38(42)21-13-6-14-30-43-37-28-24-35(25-29-37)40(34-19-11-5-12-20-34)39(32-15-7-3-8-16-32)33-17-9-4-10-18-33/h1,3-5,7-12,15-20,22-29H,6,13-14,21,30H2,(H,41,42). The summed E-state index contributed by atoms with van der Waals surface area (Å²) in [7, 11) is 0. The van der Waals surface area contributed by atoms with Crippen LogP contribution in [0.2, 0.25) is 0 Å². The Labute approximate surface area is 254 Å². The molecule has 0 saturated heterocycles. The normalized spacial score (nSPS) is 10.4. The van der Waals surface area contributed by atoms with E-state index in [-0.39, 0.29) is 5.91 Å². The van der Waals surface area contributed by atoms with Gasteiger partial charge in [-0.2, -0.15) is 0 Å². The van der Waals surface area contributed by atoms with Crippen molar-refractivity contribution in [1.29, 1.82) is 0 Å². The van der Waals surface area contributed by atoms with Gasteiger partial charge in [-0.1, -0.05) is 109 Å². The Morgan fingerprint density at radius 2 is 1.07 bits per heavy atom. The number of unbranched alkanes of at least 4 members (excludes halogenated alkanes) is 2. The van der Waals surface area contributed by atoms with Gasteiger partial charge in [-0.15, -0.1) is 6.42 Å². The van der Waals surface area contributed by atoms with Gasteiger partial charge in [0.1, 0.15) is 5.75 Å². The Balaban J connectivity index is 1.23. The third kappa shape index (κ3) is 8.12. The predicted molar refractivity (Wildman–Crippen MR) is 178 cm³/mol. The van der Waals surface area contributed by atoms with E-state index in [0.717, 1.165) is 47.4 Å². The lowest BCUT2D eigenvalue weighted by Crippen LogP contribution is -2.11. The minimum atomic E-state index is 0.0117. The van der Waals surface area contributed by atoms with Crippen LogP contribution in [0.4, 0.5) is 5.69 Å². The molecule has 0 heterocycles. The maximum Gasteiger partial charge on any atom is 0.224 e. The molecule has 3 heteroatoms. The minimum Gasteiger partial charge on any atom is -0.494 e. The molecular weight excluding hydrogens is 526 g/mol. The maximum absolute atomic E-state index is 12.3. The summed E-state index contributed by atoms with van der Waals surface area (Å²) in [6.45, 7) is 0.606. The predicted octanol–water partition coefficient (Wildman–Crippen LogP) is 9.25. The summed E-state index contributed by atoms with van der Waals surface area (Å²) < 4.78 is 6.07. The maximum atomic E-state index is 12.3. The van der Waals surface area contributed by atoms with Gasteiger partial charge in [0.25, 0.3) is 0 Å². The van der Waals surface area contributed by atoms with Crippen molar-refractivity contribution >= 4 is 22.7 Å². The molecule has 0 aliphatic heterocycles. The zero-order valence-corrected chi connectivity index (χ0v) is 24.2. The SMILES string of the molecule is C#Cc1ccc(NC(=O)CCCCCOc2ccc(C(=C(c3ccccc3)c3ccccc3)c3ccccc3)cc2)cc1. The van der Waals surface area contributed by atoms with Gasteiger partial charge in [-0.05, 0) is 89.1 Å². The highest BCUT2D eigenvalue weighted by Crippen LogP contribution is 2.37. The molecule has 212 valence electrons. The molecule has 0 spiro atoms. The van der Waals surface area contributed by atoms with Crippen LogP contribution in [0.25, 0.3) is 11.1 Å². The number of carbonyl (C=O) groups excluding carboxylic acids is 1. The fourth-order valence-corrected chi connectivity index (χ4v) is 5.07. The van der Waals surface area contributed by atoms with Crippen LogP contribution < -0.4 is 10.1 Å². The van der Waals surface area contributed by atoms with Crippen molar-refractivity contribution in [1.82, 2.24) is 0 Å². The van der Waals surface area contributed by atoms with Gasteiger partial charge in [0, 0.05) is 17.7 Å². The number of terminal acetylenes is 1. The highest BCUT2D eigenvalue weighted by molar-refractivity contribution is 6.04. The van der Waals surface area contributed by atoms with E-state index in [1.165, 1.54) is 22.3 Å². The molecule has 5 aromatic carbocycles. The molecule has 1 N–H and O–H groups in total. The van der Waals surface area contributed by atoms with Crippen molar-refractivity contribution in [3.63, 3.8) is 0 Å². The lowest BCUT2D eigenvalue weighted by Gasteiger charge is -2.18. The van der Waals surface area contributed by atoms with E-state index >= 15 is 0 Å². The number of hydrogen-bond acceptors (Lipinski definition) is 2. The molecule has 0 fully saturated rings. The van der Waals surface area contributed by atoms with Crippen molar-refractivity contribution in [2.75, 3.05) is 11.9 Å². The highest BCUT2D eigenvalue weighted by atomic mass is 16.5. The van der Waals surface area contributed by atoms with Gasteiger partial charge < -0.3 is 10.1 Å². The van der Waals surface area contributed by atoms with Gasteiger partial charge in [0.15, 0.2) is 0 Å². The summed E-state index contributed by atoms with van der Waals surface area (Å²) >= 11 is 0. The highest BCUT2D eigenvalue weighted by Gasteiger charge is 2.16. The van der Waals surface area contributed by atoms with E-state index in [1.807, 2.05) is 42.5 Å². The van der Waals surface area contributed by atoms with Gasteiger partial charge in [0.2, 0.25) is 5.91 Å². The Kier molecular flexibility index (Phi) is 10.2. The molecule has 5 aromatic rings. The fourth-order valence-electron chi connectivity index (χ4n) is 5.07. The molecular formula is C40H35NO2. The summed E-state index contributed by atoms with van der Waals surface area (Å²) in [5.74, 6) is 3.43. The molecule has 0 atom stereocenters. The van der Waals surface area contributed by atoms with Crippen molar-refractivity contribution in [3.05, 3.63) is 167 Å². The van der Waals surface area contributed by atoms with Gasteiger partial charge in [-0.25, -0.2) is 0 Å². The van der Waals surface area contributed by atoms with Crippen LogP contribution in [-0.2, 0) is 4.79 Å². The third-order valence-corrected chi connectivity index (χ3v) is 7.23. The summed E-state index contributed by atoms with van der Waals surface area (Å²) in [5.41, 5.74) is 8.55. The van der Waals surface area contributed by atoms with Gasteiger partial charge in [0.05, 0.1) is 6.61 Å². The lowest BCUT2D eigenvalue weighted by atomic mass is 9.86. The van der Waals surface area contributed by atoms with Crippen molar-refractivity contribution in [3.8, 4) is 18.1 Å². The van der Waals surface area contributed by atoms with Crippen LogP contribution in [0.3, 0.4) is 0 Å². The van der Waals surface area contributed by atoms with Crippen molar-refractivity contribution < 1.29 is 9.53 Å². The van der Waals surface area contributed by atoms with Crippen LogP contribution in [0.15, 0.2) is 140 Å². The van der Waals surface area contributed by atoms with Crippen LogP contribution in [0.5, 0.6) is 5.75 Å². The number of nitrogens with one attached hydrogen (secondary N) is 1. The monoisotopic (exact) mass is 561 g/mol. The number of carbonyl (C=O) groups is 1. The Hall–Kier alpha value is -5.33. The molecule has 43 heavy (non-hydrogen) atoms. The Morgan fingerprint density at radius 1 is 0.581 bits per heavy atom. The molecule has 0 radical (unpaired) electrons. The third-order valence-electron chi connectivity index (χ3n) is 7.23. The molecule has 3 nitrogen and oxygen atoms in total. The number of hydrogen-bond donors (Lipinski definition) is 1. The molecule has 0 aliphatic carbocycles. The smallest absolute Gasteiger partial charge is 0.224 e. The molecule has 0 bridgehead atoms. The van der Waals surface area contributed by atoms with Gasteiger partial charge >= 0.3 is 0 Å². The second-order valence-corrected chi connectivity index (χ2v) is 10.3. The first-order valence-electron chi connectivity index (χ1n) is 14.7. The van der Waals surface area contributed by atoms with Crippen molar-refractivity contribution in [2.24, 2.45) is 0 Å². The summed E-state index contributed by atoms with van der Waals surface area (Å²) in [6.07, 6.45) is 8.47. The average Bonchev–Trinajstić information content (AvgIpc) is 3.07. The van der Waals surface area contributed by atoms with E-state index in [1.54, 1.807) is 0 Å². The molecule has 0 aromatic heterocycles. The topological polar surface area (TPSA) is 38.3 Å². The van der Waals surface area contributed by atoms with E-state index in [9.17, 15) is 4.79 Å². The number of amides is 1. The first kappa shape index (κ1) is 29.2. The minimum absolute atomic E-state index is 0.0117. The number of anilines is 1. The van der Waals surface area contributed by atoms with Crippen molar-refractivity contribution in [2.45, 2.75) is 25.7 Å². The van der Waals surface area contributed by atoms with E-state index in [4.69, 9.17) is 11.2 Å². The molecule has 0 aliphatic rings. The van der Waals surface area contributed by atoms with Gasteiger partial charge in [-0.3, -0.25) is 4.79 Å². The number of ether oxygens (including phenoxy) is 1. The zero-order valence-electron chi connectivity index (χ0n) is 24.2. The lowest BCUT2D eigenvalue weighted by molar-refractivity contribution is -0.116. The number of benzene rings is 5. The first-order chi connectivity index (χ1) is 21.2. The summed E-state index contributed by atoms with van der Waals surface area (Å²) in [6, 6.07) is 47.4. The quantitative estimate of drug-likeness (QED) is 0.0937. The second kappa shape index (κ2) is 15.1. The first-order valence-corrected chi connectivity index (χ1v) is 14.7. The Bertz CT molecular complexity index is 1620. The van der Waals surface area contributed by atoms with Crippen LogP contribution in [0, 0.1) is 12.3 Å². The van der Waals surface area contributed by atoms with Crippen LogP contribution in [0.1, 0.15) is 53.5 Å². The fraction of sp³-hybridized carbons (Fsp3) is 0.125. The number of rotatable bonds is 12. The molecule has 1 amide bonds. The molecule has 0 unspecified atom stereocenters. The summed E-state index contributed by atoms with van der Waals surface area (Å²) in [5, 5.41) is 2.92. The molecule has 5 rings (SSSR count). The Morgan fingerprint density at radius 3 is 1.56 bits per heavy atom. The van der Waals surface area contributed by atoms with E-state index < -0.39 is 0 Å². The largest absolute Gasteiger partial charge is 0.494 e. The summed E-state index contributed by atoms with van der Waals surface area (Å²) in [4.78, 5) is 12.3. The van der Waals surface area contributed by atoms with Crippen LogP contribution in [-0.4, -0.2) is 12.5 Å².